The largest absolute Gasteiger partial charge is 0.497 e. The highest BCUT2D eigenvalue weighted by Crippen LogP contribution is 2.31. The van der Waals surface area contributed by atoms with Crippen LogP contribution in [0.1, 0.15) is 11.1 Å². The summed E-state index contributed by atoms with van der Waals surface area (Å²) in [6.07, 6.45) is -9.09. The lowest BCUT2D eigenvalue weighted by atomic mass is 9.79. The van der Waals surface area contributed by atoms with Crippen molar-refractivity contribution in [1.29, 1.82) is 0 Å². The Labute approximate surface area is 167 Å². The second-order valence-electron chi connectivity index (χ2n) is 5.73. The fourth-order valence-corrected chi connectivity index (χ4v) is 2.11. The van der Waals surface area contributed by atoms with Gasteiger partial charge in [-0.15, -0.1) is 0 Å². The fraction of sp³-hybridized carbons (Fsp3) is 0.250. The van der Waals surface area contributed by atoms with Crippen molar-refractivity contribution in [1.82, 2.24) is 0 Å². The van der Waals surface area contributed by atoms with E-state index in [2.05, 4.69) is 9.47 Å². The summed E-state index contributed by atoms with van der Waals surface area (Å²) in [7, 11) is -1.52. The molecular formula is C16H16B2F6O6. The van der Waals surface area contributed by atoms with Crippen LogP contribution in [-0.4, -0.2) is 48.6 Å². The molecule has 6 nitrogen and oxygen atoms in total. The van der Waals surface area contributed by atoms with Crippen molar-refractivity contribution in [3.05, 3.63) is 47.5 Å². The predicted octanol–water partition coefficient (Wildman–Crippen LogP) is 0.788. The van der Waals surface area contributed by atoms with Crippen LogP contribution in [-0.2, 0) is 12.4 Å². The number of hydrogen-bond donors (Lipinski definition) is 4. The normalized spacial score (nSPS) is 11.3. The van der Waals surface area contributed by atoms with Gasteiger partial charge in [-0.25, -0.2) is 0 Å². The van der Waals surface area contributed by atoms with E-state index in [4.69, 9.17) is 20.1 Å². The summed E-state index contributed by atoms with van der Waals surface area (Å²) in [5.74, 6) is -0.152. The Morgan fingerprint density at radius 2 is 0.900 bits per heavy atom. The molecule has 0 fully saturated rings. The third-order valence-corrected chi connectivity index (χ3v) is 3.58. The van der Waals surface area contributed by atoms with E-state index in [0.29, 0.717) is 12.1 Å². The molecule has 164 valence electrons. The van der Waals surface area contributed by atoms with Gasteiger partial charge in [0.05, 0.1) is 25.3 Å². The number of alkyl halides is 6. The highest BCUT2D eigenvalue weighted by atomic mass is 19.4. The summed E-state index contributed by atoms with van der Waals surface area (Å²) in [6.45, 7) is 0. The topological polar surface area (TPSA) is 99.4 Å². The highest BCUT2D eigenvalue weighted by Gasteiger charge is 2.33. The summed E-state index contributed by atoms with van der Waals surface area (Å²) >= 11 is 0. The maximum Gasteiger partial charge on any atom is 0.488 e. The van der Waals surface area contributed by atoms with E-state index in [9.17, 15) is 26.3 Å². The molecular weight excluding hydrogens is 424 g/mol. The minimum Gasteiger partial charge on any atom is -0.497 e. The monoisotopic (exact) mass is 440 g/mol. The first kappa shape index (κ1) is 25.6. The van der Waals surface area contributed by atoms with Crippen molar-refractivity contribution < 1.29 is 55.9 Å². The van der Waals surface area contributed by atoms with Crippen molar-refractivity contribution in [2.45, 2.75) is 12.4 Å². The molecule has 0 aliphatic carbocycles. The van der Waals surface area contributed by atoms with Crippen LogP contribution in [0.15, 0.2) is 36.4 Å². The predicted molar refractivity (Wildman–Crippen MR) is 95.6 cm³/mol. The van der Waals surface area contributed by atoms with Gasteiger partial charge in [-0.1, -0.05) is 0 Å². The zero-order valence-electron chi connectivity index (χ0n) is 15.5. The van der Waals surface area contributed by atoms with Crippen molar-refractivity contribution >= 4 is 25.2 Å². The molecule has 0 aliphatic rings. The Bertz CT molecular complexity index is 772. The number of benzene rings is 2. The Kier molecular flexibility index (Phi) is 8.60. The second-order valence-corrected chi connectivity index (χ2v) is 5.73. The number of hydrogen-bond acceptors (Lipinski definition) is 6. The number of halogens is 6. The molecule has 0 radical (unpaired) electrons. The van der Waals surface area contributed by atoms with Gasteiger partial charge in [-0.3, -0.25) is 0 Å². The van der Waals surface area contributed by atoms with Gasteiger partial charge in [0.15, 0.2) is 0 Å². The lowest BCUT2D eigenvalue weighted by Gasteiger charge is -2.11. The lowest BCUT2D eigenvalue weighted by molar-refractivity contribution is -0.138. The maximum absolute atomic E-state index is 12.3. The fourth-order valence-electron chi connectivity index (χ4n) is 2.11. The number of methoxy groups -OCH3 is 2. The van der Waals surface area contributed by atoms with Crippen molar-refractivity contribution in [2.24, 2.45) is 0 Å². The van der Waals surface area contributed by atoms with Crippen LogP contribution in [0, 0.1) is 0 Å². The molecule has 2 rings (SSSR count). The van der Waals surface area contributed by atoms with E-state index in [1.54, 1.807) is 0 Å². The van der Waals surface area contributed by atoms with Crippen LogP contribution >= 0.6 is 0 Å². The van der Waals surface area contributed by atoms with Crippen LogP contribution in [0.2, 0.25) is 0 Å². The zero-order chi connectivity index (χ0) is 23.3. The molecule has 0 bridgehead atoms. The van der Waals surface area contributed by atoms with Gasteiger partial charge in [0.25, 0.3) is 0 Å². The van der Waals surface area contributed by atoms with Crippen molar-refractivity contribution in [3.63, 3.8) is 0 Å². The van der Waals surface area contributed by atoms with E-state index < -0.39 is 37.7 Å². The molecule has 0 aromatic heterocycles. The summed E-state index contributed by atoms with van der Waals surface area (Å²) in [6, 6.07) is 5.14. The maximum atomic E-state index is 12.3. The van der Waals surface area contributed by atoms with Gasteiger partial charge in [0.1, 0.15) is 11.5 Å². The van der Waals surface area contributed by atoms with Gasteiger partial charge < -0.3 is 29.6 Å². The first-order valence-electron chi connectivity index (χ1n) is 7.93. The Hall–Kier alpha value is -2.41. The summed E-state index contributed by atoms with van der Waals surface area (Å²) < 4.78 is 83.2. The van der Waals surface area contributed by atoms with Gasteiger partial charge in [0, 0.05) is 0 Å². The van der Waals surface area contributed by atoms with Crippen molar-refractivity contribution in [2.75, 3.05) is 14.2 Å². The third-order valence-electron chi connectivity index (χ3n) is 3.58. The molecule has 0 saturated carbocycles. The Balaban J connectivity index is 0.000000300. The minimum absolute atomic E-state index is 0.0760. The second kappa shape index (κ2) is 10.1. The minimum atomic E-state index is -4.54. The molecule has 30 heavy (non-hydrogen) atoms. The first-order valence-corrected chi connectivity index (χ1v) is 7.93. The molecule has 0 spiro atoms. The van der Waals surface area contributed by atoms with Gasteiger partial charge in [-0.05, 0) is 47.3 Å². The molecule has 4 N–H and O–H groups in total. The standard InChI is InChI=1S/2C8H8BF3O3/c2*1-15-7-3-5(8(10,11)12)2-6(4-7)9(13)14/h2*2-4,13-14H,1H3. The zero-order valence-corrected chi connectivity index (χ0v) is 15.5. The molecule has 2 aromatic rings. The molecule has 0 heterocycles. The molecule has 2 aromatic carbocycles. The molecule has 0 unspecified atom stereocenters. The van der Waals surface area contributed by atoms with Crippen LogP contribution in [0.3, 0.4) is 0 Å². The molecule has 14 heteroatoms. The SMILES string of the molecule is COc1cc(B(O)O)cc(C(F)(F)F)c1.COc1cc(B(O)O)cc(C(F)(F)F)c1. The van der Waals surface area contributed by atoms with Gasteiger partial charge in [0.2, 0.25) is 0 Å². The average Bonchev–Trinajstić information content (AvgIpc) is 2.66. The number of rotatable bonds is 4. The van der Waals surface area contributed by atoms with E-state index in [1.165, 1.54) is 14.2 Å². The average molecular weight is 440 g/mol. The first-order chi connectivity index (χ1) is 13.7. The molecule has 0 saturated heterocycles. The molecule has 0 amide bonds. The van der Waals surface area contributed by atoms with E-state index >= 15 is 0 Å². The van der Waals surface area contributed by atoms with Crippen LogP contribution in [0.5, 0.6) is 11.5 Å². The molecule has 0 aliphatic heterocycles. The smallest absolute Gasteiger partial charge is 0.488 e. The highest BCUT2D eigenvalue weighted by molar-refractivity contribution is 6.59. The van der Waals surface area contributed by atoms with E-state index in [-0.39, 0.29) is 22.4 Å². The van der Waals surface area contributed by atoms with Crippen LogP contribution in [0.4, 0.5) is 26.3 Å². The summed E-state index contributed by atoms with van der Waals surface area (Å²) in [5.41, 5.74) is -2.49. The lowest BCUT2D eigenvalue weighted by Crippen LogP contribution is -2.31. The van der Waals surface area contributed by atoms with Gasteiger partial charge >= 0.3 is 26.6 Å². The van der Waals surface area contributed by atoms with E-state index in [0.717, 1.165) is 24.3 Å². The van der Waals surface area contributed by atoms with Crippen LogP contribution < -0.4 is 20.4 Å². The Morgan fingerprint density at radius 3 is 1.10 bits per heavy atom. The number of ether oxygens (including phenoxy) is 2. The summed E-state index contributed by atoms with van der Waals surface area (Å²) in [4.78, 5) is 0. The van der Waals surface area contributed by atoms with Crippen LogP contribution in [0.25, 0.3) is 0 Å². The summed E-state index contributed by atoms with van der Waals surface area (Å²) in [5, 5.41) is 35.1. The Morgan fingerprint density at radius 1 is 0.600 bits per heavy atom. The van der Waals surface area contributed by atoms with E-state index in [1.807, 2.05) is 0 Å². The quantitative estimate of drug-likeness (QED) is 0.415. The third kappa shape index (κ3) is 7.44. The van der Waals surface area contributed by atoms with Crippen molar-refractivity contribution in [3.8, 4) is 11.5 Å². The van der Waals surface area contributed by atoms with Gasteiger partial charge in [-0.2, -0.15) is 26.3 Å². The molecule has 0 atom stereocenters.